The molecule has 2 N–H and O–H groups in total. The molecule has 0 radical (unpaired) electrons. The first-order valence-electron chi connectivity index (χ1n) is 8.93. The number of aliphatic hydroxyl groups excluding tert-OH is 1. The Bertz CT molecular complexity index is 781. The number of likely N-dealkylation sites (tertiary alicyclic amines) is 1. The zero-order valence-corrected chi connectivity index (χ0v) is 15.4. The van der Waals surface area contributed by atoms with Crippen LogP contribution in [0.15, 0.2) is 18.2 Å². The van der Waals surface area contributed by atoms with E-state index in [9.17, 15) is 18.8 Å². The van der Waals surface area contributed by atoms with Crippen LogP contribution >= 0.6 is 0 Å². The molecule has 9 nitrogen and oxygen atoms in total. The molecule has 0 saturated carbocycles. The number of halogens is 1. The molecule has 0 aromatic heterocycles. The van der Waals surface area contributed by atoms with Gasteiger partial charge in [-0.05, 0) is 36.5 Å². The van der Waals surface area contributed by atoms with E-state index in [2.05, 4.69) is 0 Å². The van der Waals surface area contributed by atoms with Gasteiger partial charge in [0.2, 0.25) is 5.91 Å². The van der Waals surface area contributed by atoms with Crippen LogP contribution in [0.25, 0.3) is 0 Å². The molecule has 0 bridgehead atoms. The molecule has 1 atom stereocenters. The highest BCUT2D eigenvalue weighted by atomic mass is 19.1. The SMILES string of the molecule is CN(C(=O)O)[C@@H]1CN(c2ccc(C3CCN(C(=O)CO)CC3)c(F)c2)C(=O)O1. The molecule has 10 heteroatoms. The molecule has 2 saturated heterocycles. The molecule has 2 aliphatic heterocycles. The number of likely N-dealkylation sites (N-methyl/N-ethyl adjacent to an activating group) is 1. The van der Waals surface area contributed by atoms with Crippen molar-refractivity contribution in [3.63, 3.8) is 0 Å². The summed E-state index contributed by atoms with van der Waals surface area (Å²) >= 11 is 0. The third kappa shape index (κ3) is 3.86. The number of carbonyl (C=O) groups excluding carboxylic acids is 2. The molecule has 0 unspecified atom stereocenters. The Morgan fingerprint density at radius 3 is 2.57 bits per heavy atom. The fraction of sp³-hybridized carbons (Fsp3) is 0.500. The Hall–Kier alpha value is -2.88. The van der Waals surface area contributed by atoms with Crippen molar-refractivity contribution in [1.82, 2.24) is 9.80 Å². The number of cyclic esters (lactones) is 1. The summed E-state index contributed by atoms with van der Waals surface area (Å²) in [5.41, 5.74) is 0.798. The Balaban J connectivity index is 1.69. The number of carbonyl (C=O) groups is 3. The first-order chi connectivity index (χ1) is 13.3. The number of piperidine rings is 1. The molecule has 0 spiro atoms. The van der Waals surface area contributed by atoms with E-state index < -0.39 is 30.8 Å². The Kier molecular flexibility index (Phi) is 5.68. The topological polar surface area (TPSA) is 111 Å². The predicted molar refractivity (Wildman–Crippen MR) is 95.4 cm³/mol. The molecule has 2 fully saturated rings. The monoisotopic (exact) mass is 395 g/mol. The summed E-state index contributed by atoms with van der Waals surface area (Å²) < 4.78 is 19.8. The van der Waals surface area contributed by atoms with Crippen LogP contribution in [0.1, 0.15) is 24.3 Å². The molecule has 3 amide bonds. The lowest BCUT2D eigenvalue weighted by Gasteiger charge is -2.32. The van der Waals surface area contributed by atoms with Crippen molar-refractivity contribution in [2.75, 3.05) is 38.2 Å². The minimum absolute atomic E-state index is 0.0257. The number of hydrogen-bond donors (Lipinski definition) is 2. The van der Waals surface area contributed by atoms with Crippen LogP contribution in [-0.2, 0) is 9.53 Å². The lowest BCUT2D eigenvalue weighted by Crippen LogP contribution is -2.39. The maximum absolute atomic E-state index is 14.7. The molecule has 2 heterocycles. The molecule has 152 valence electrons. The molecule has 28 heavy (non-hydrogen) atoms. The average Bonchev–Trinajstić information content (AvgIpc) is 3.08. The molecule has 0 aliphatic carbocycles. The highest BCUT2D eigenvalue weighted by molar-refractivity contribution is 5.90. The summed E-state index contributed by atoms with van der Waals surface area (Å²) in [6.45, 7) is 0.347. The van der Waals surface area contributed by atoms with Crippen LogP contribution < -0.4 is 4.90 Å². The first-order valence-corrected chi connectivity index (χ1v) is 8.93. The number of nitrogens with zero attached hydrogens (tertiary/aromatic N) is 3. The van der Waals surface area contributed by atoms with Gasteiger partial charge >= 0.3 is 12.2 Å². The second kappa shape index (κ2) is 8.01. The lowest BCUT2D eigenvalue weighted by molar-refractivity contribution is -0.135. The summed E-state index contributed by atoms with van der Waals surface area (Å²) in [7, 11) is 1.29. The number of anilines is 1. The molecular formula is C18H22FN3O6. The van der Waals surface area contributed by atoms with Crippen LogP contribution in [0.2, 0.25) is 0 Å². The number of benzene rings is 1. The van der Waals surface area contributed by atoms with E-state index in [0.29, 0.717) is 37.2 Å². The van der Waals surface area contributed by atoms with Gasteiger partial charge in [-0.2, -0.15) is 0 Å². The van der Waals surface area contributed by atoms with Gasteiger partial charge in [0.15, 0.2) is 6.23 Å². The van der Waals surface area contributed by atoms with Gasteiger partial charge in [-0.3, -0.25) is 14.6 Å². The van der Waals surface area contributed by atoms with Crippen molar-refractivity contribution in [3.05, 3.63) is 29.6 Å². The Labute approximate surface area is 160 Å². The lowest BCUT2D eigenvalue weighted by atomic mass is 9.89. The maximum Gasteiger partial charge on any atom is 0.416 e. The second-order valence-corrected chi connectivity index (χ2v) is 6.86. The van der Waals surface area contributed by atoms with Crippen LogP contribution in [-0.4, -0.2) is 77.6 Å². The number of carboxylic acid groups (broad SMARTS) is 1. The minimum Gasteiger partial charge on any atom is -0.465 e. The zero-order valence-electron chi connectivity index (χ0n) is 15.4. The van der Waals surface area contributed by atoms with Gasteiger partial charge in [0.25, 0.3) is 0 Å². The molecule has 1 aromatic rings. The van der Waals surface area contributed by atoms with Gasteiger partial charge in [-0.25, -0.2) is 14.0 Å². The number of ether oxygens (including phenoxy) is 1. The summed E-state index contributed by atoms with van der Waals surface area (Å²) in [5, 5.41) is 17.9. The standard InChI is InChI=1S/C18H22FN3O6/c1-20(17(25)26)16-9-22(18(27)28-16)12-2-3-13(14(19)8-12)11-4-6-21(7-5-11)15(24)10-23/h2-3,8,11,16,23H,4-7,9-10H2,1H3,(H,25,26)/t16-/m0/s1. The van der Waals surface area contributed by atoms with E-state index in [1.165, 1.54) is 18.0 Å². The number of amides is 3. The minimum atomic E-state index is -1.23. The van der Waals surface area contributed by atoms with Crippen molar-refractivity contribution in [1.29, 1.82) is 0 Å². The van der Waals surface area contributed by atoms with Crippen LogP contribution in [0.4, 0.5) is 19.7 Å². The molecule has 3 rings (SSSR count). The van der Waals surface area contributed by atoms with Crippen LogP contribution in [0.3, 0.4) is 0 Å². The zero-order chi connectivity index (χ0) is 20.4. The van der Waals surface area contributed by atoms with Gasteiger partial charge in [-0.1, -0.05) is 6.07 Å². The highest BCUT2D eigenvalue weighted by Gasteiger charge is 2.37. The van der Waals surface area contributed by atoms with E-state index in [-0.39, 0.29) is 18.4 Å². The van der Waals surface area contributed by atoms with Crippen molar-refractivity contribution >= 4 is 23.8 Å². The van der Waals surface area contributed by atoms with Crippen molar-refractivity contribution in [2.45, 2.75) is 25.0 Å². The predicted octanol–water partition coefficient (Wildman–Crippen LogP) is 1.42. The number of rotatable bonds is 4. The van der Waals surface area contributed by atoms with Gasteiger partial charge < -0.3 is 19.8 Å². The fourth-order valence-corrected chi connectivity index (χ4v) is 3.54. The summed E-state index contributed by atoms with van der Waals surface area (Å²) in [5.74, 6) is -0.858. The highest BCUT2D eigenvalue weighted by Crippen LogP contribution is 2.33. The third-order valence-corrected chi connectivity index (χ3v) is 5.25. The van der Waals surface area contributed by atoms with Crippen LogP contribution in [0, 0.1) is 5.82 Å². The Morgan fingerprint density at radius 1 is 1.32 bits per heavy atom. The summed E-state index contributed by atoms with van der Waals surface area (Å²) in [6.07, 6.45) is -1.76. The Morgan fingerprint density at radius 2 is 2.00 bits per heavy atom. The van der Waals surface area contributed by atoms with E-state index >= 15 is 0 Å². The molecular weight excluding hydrogens is 373 g/mol. The van der Waals surface area contributed by atoms with Crippen molar-refractivity contribution in [2.24, 2.45) is 0 Å². The van der Waals surface area contributed by atoms with Gasteiger partial charge in [0, 0.05) is 20.1 Å². The fourth-order valence-electron chi connectivity index (χ4n) is 3.54. The van der Waals surface area contributed by atoms with Crippen molar-refractivity contribution in [3.8, 4) is 0 Å². The van der Waals surface area contributed by atoms with E-state index in [0.717, 1.165) is 4.90 Å². The normalized spacial score (nSPS) is 20.2. The van der Waals surface area contributed by atoms with Gasteiger partial charge in [0.1, 0.15) is 12.4 Å². The van der Waals surface area contributed by atoms with Gasteiger partial charge in [0.05, 0.1) is 12.2 Å². The molecule has 2 aliphatic rings. The number of hydrogen-bond acceptors (Lipinski definition) is 5. The van der Waals surface area contributed by atoms with E-state index in [1.54, 1.807) is 17.0 Å². The summed E-state index contributed by atoms with van der Waals surface area (Å²) in [6, 6.07) is 4.46. The number of aliphatic hydroxyl groups is 1. The van der Waals surface area contributed by atoms with Crippen LogP contribution in [0.5, 0.6) is 0 Å². The van der Waals surface area contributed by atoms with Crippen molar-refractivity contribution < 1.29 is 33.7 Å². The third-order valence-electron chi connectivity index (χ3n) is 5.25. The second-order valence-electron chi connectivity index (χ2n) is 6.86. The average molecular weight is 395 g/mol. The molecule has 1 aromatic carbocycles. The first kappa shape index (κ1) is 19.9. The summed E-state index contributed by atoms with van der Waals surface area (Å²) in [4.78, 5) is 38.2. The quantitative estimate of drug-likeness (QED) is 0.798. The van der Waals surface area contributed by atoms with E-state index in [1.807, 2.05) is 0 Å². The van der Waals surface area contributed by atoms with Gasteiger partial charge in [-0.15, -0.1) is 0 Å². The smallest absolute Gasteiger partial charge is 0.416 e. The largest absolute Gasteiger partial charge is 0.465 e. The van der Waals surface area contributed by atoms with E-state index in [4.69, 9.17) is 14.9 Å². The maximum atomic E-state index is 14.7.